The Labute approximate surface area is 110 Å². The number of rotatable bonds is 2. The van der Waals surface area contributed by atoms with Crippen molar-refractivity contribution in [2.24, 2.45) is 0 Å². The second kappa shape index (κ2) is 4.53. The lowest BCUT2D eigenvalue weighted by Crippen LogP contribution is -2.53. The van der Waals surface area contributed by atoms with E-state index in [2.05, 4.69) is 20.4 Å². The molecule has 0 amide bonds. The molecule has 1 spiro atoms. The largest absolute Gasteiger partial charge is 0.394 e. The lowest BCUT2D eigenvalue weighted by molar-refractivity contribution is -0.171. The van der Waals surface area contributed by atoms with Crippen molar-refractivity contribution in [2.45, 2.75) is 24.9 Å². The van der Waals surface area contributed by atoms with Gasteiger partial charge in [0.1, 0.15) is 0 Å². The van der Waals surface area contributed by atoms with Crippen LogP contribution in [0.15, 0.2) is 6.20 Å². The summed E-state index contributed by atoms with van der Waals surface area (Å²) in [6, 6.07) is 0. The van der Waals surface area contributed by atoms with Crippen LogP contribution >= 0.6 is 11.6 Å². The molecule has 1 aromatic rings. The molecular formula is C11H16ClN5O. The Hall–Kier alpha value is -1.11. The van der Waals surface area contributed by atoms with Crippen molar-refractivity contribution in [3.05, 3.63) is 11.5 Å². The number of ether oxygens (including phenoxy) is 1. The number of aromatic nitrogens is 2. The van der Waals surface area contributed by atoms with E-state index < -0.39 is 0 Å². The van der Waals surface area contributed by atoms with Gasteiger partial charge >= 0.3 is 0 Å². The predicted molar refractivity (Wildman–Crippen MR) is 69.2 cm³/mol. The summed E-state index contributed by atoms with van der Waals surface area (Å²) in [6.45, 7) is 2.74. The molecule has 0 radical (unpaired) electrons. The molecule has 6 nitrogen and oxygen atoms in total. The van der Waals surface area contributed by atoms with Gasteiger partial charge in [-0.2, -0.15) is 4.98 Å². The predicted octanol–water partition coefficient (Wildman–Crippen LogP) is 1.29. The van der Waals surface area contributed by atoms with Gasteiger partial charge in [-0.05, 0) is 30.9 Å². The van der Waals surface area contributed by atoms with Gasteiger partial charge in [0.05, 0.1) is 24.1 Å². The summed E-state index contributed by atoms with van der Waals surface area (Å²) in [7, 11) is 0. The third kappa shape index (κ3) is 2.23. The Kier molecular flexibility index (Phi) is 3.01. The maximum atomic E-state index is 5.80. The van der Waals surface area contributed by atoms with Gasteiger partial charge in [-0.25, -0.2) is 9.99 Å². The Balaban J connectivity index is 1.62. The molecule has 18 heavy (non-hydrogen) atoms. The molecule has 0 aromatic carbocycles. The van der Waals surface area contributed by atoms with Crippen LogP contribution in [0.2, 0.25) is 5.28 Å². The number of halogens is 1. The normalized spacial score (nSPS) is 22.7. The van der Waals surface area contributed by atoms with Crippen molar-refractivity contribution >= 4 is 23.1 Å². The standard InChI is InChI=1S/C11H16ClN5O/c12-10-14-7-8(13)9(15-10)16-17-4-1-11(2-5-17)3-6-18-11/h7H,1-6,13H2,(H,14,15,16). The molecule has 2 aliphatic rings. The first-order chi connectivity index (χ1) is 8.67. The SMILES string of the molecule is Nc1cnc(Cl)nc1NN1CCC2(CCO2)CC1. The molecule has 0 bridgehead atoms. The third-order valence-electron chi connectivity index (χ3n) is 3.69. The first-order valence-corrected chi connectivity index (χ1v) is 6.48. The zero-order valence-electron chi connectivity index (χ0n) is 10.0. The van der Waals surface area contributed by atoms with Crippen LogP contribution in [-0.4, -0.2) is 40.3 Å². The van der Waals surface area contributed by atoms with Crippen LogP contribution in [0.5, 0.6) is 0 Å². The average molecular weight is 270 g/mol. The fourth-order valence-corrected chi connectivity index (χ4v) is 2.55. The molecule has 3 N–H and O–H groups in total. The molecular weight excluding hydrogens is 254 g/mol. The summed E-state index contributed by atoms with van der Waals surface area (Å²) in [4.78, 5) is 7.91. The number of anilines is 2. The molecule has 2 aliphatic heterocycles. The Morgan fingerprint density at radius 3 is 2.72 bits per heavy atom. The van der Waals surface area contributed by atoms with E-state index in [-0.39, 0.29) is 10.9 Å². The molecule has 1 aromatic heterocycles. The van der Waals surface area contributed by atoms with Crippen LogP contribution in [0.25, 0.3) is 0 Å². The lowest BCUT2D eigenvalue weighted by Gasteiger charge is -2.47. The maximum absolute atomic E-state index is 5.80. The molecule has 0 atom stereocenters. The van der Waals surface area contributed by atoms with Gasteiger partial charge < -0.3 is 15.9 Å². The minimum Gasteiger partial charge on any atom is -0.394 e. The minimum atomic E-state index is 0.146. The summed E-state index contributed by atoms with van der Waals surface area (Å²) in [5.41, 5.74) is 9.64. The smallest absolute Gasteiger partial charge is 0.224 e. The van der Waals surface area contributed by atoms with Gasteiger partial charge in [-0.15, -0.1) is 0 Å². The van der Waals surface area contributed by atoms with Crippen LogP contribution in [0.4, 0.5) is 11.5 Å². The quantitative estimate of drug-likeness (QED) is 0.788. The van der Waals surface area contributed by atoms with Gasteiger partial charge in [0, 0.05) is 13.1 Å². The molecule has 98 valence electrons. The van der Waals surface area contributed by atoms with Gasteiger partial charge in [0.2, 0.25) is 5.28 Å². The van der Waals surface area contributed by atoms with E-state index in [9.17, 15) is 0 Å². The van der Waals surface area contributed by atoms with E-state index in [0.717, 1.165) is 32.5 Å². The minimum absolute atomic E-state index is 0.146. The highest BCUT2D eigenvalue weighted by Crippen LogP contribution is 2.36. The highest BCUT2D eigenvalue weighted by Gasteiger charge is 2.41. The zero-order chi connectivity index (χ0) is 12.6. The Morgan fingerprint density at radius 2 is 2.11 bits per heavy atom. The summed E-state index contributed by atoms with van der Waals surface area (Å²) in [6.07, 6.45) is 4.78. The Bertz CT molecular complexity index is 441. The number of piperidine rings is 1. The monoisotopic (exact) mass is 269 g/mol. The molecule has 0 unspecified atom stereocenters. The van der Waals surface area contributed by atoms with Crippen molar-refractivity contribution in [2.75, 3.05) is 30.9 Å². The number of hydrazine groups is 1. The van der Waals surface area contributed by atoms with E-state index in [1.54, 1.807) is 0 Å². The molecule has 0 aliphatic carbocycles. The fourth-order valence-electron chi connectivity index (χ4n) is 2.42. The second-order valence-electron chi connectivity index (χ2n) is 4.82. The first kappa shape index (κ1) is 12.0. The summed E-state index contributed by atoms with van der Waals surface area (Å²) < 4.78 is 5.67. The average Bonchev–Trinajstić information content (AvgIpc) is 2.33. The molecule has 0 saturated carbocycles. The fraction of sp³-hybridized carbons (Fsp3) is 0.636. The van der Waals surface area contributed by atoms with E-state index in [0.29, 0.717) is 11.5 Å². The topological polar surface area (TPSA) is 76.3 Å². The number of hydrogen-bond donors (Lipinski definition) is 2. The molecule has 3 heterocycles. The zero-order valence-corrected chi connectivity index (χ0v) is 10.8. The van der Waals surface area contributed by atoms with Crippen molar-refractivity contribution in [1.29, 1.82) is 0 Å². The van der Waals surface area contributed by atoms with Gasteiger partial charge in [-0.1, -0.05) is 0 Å². The lowest BCUT2D eigenvalue weighted by atomic mass is 9.85. The van der Waals surface area contributed by atoms with Crippen molar-refractivity contribution in [3.63, 3.8) is 0 Å². The van der Waals surface area contributed by atoms with Crippen LogP contribution in [-0.2, 0) is 4.74 Å². The highest BCUT2D eigenvalue weighted by atomic mass is 35.5. The van der Waals surface area contributed by atoms with Gasteiger partial charge in [0.25, 0.3) is 0 Å². The summed E-state index contributed by atoms with van der Waals surface area (Å²) >= 11 is 5.76. The maximum Gasteiger partial charge on any atom is 0.224 e. The summed E-state index contributed by atoms with van der Waals surface area (Å²) in [5, 5.41) is 2.30. The number of nitrogen functional groups attached to an aromatic ring is 1. The third-order valence-corrected chi connectivity index (χ3v) is 3.87. The van der Waals surface area contributed by atoms with Crippen LogP contribution in [0, 0.1) is 0 Å². The number of nitrogens with two attached hydrogens (primary N) is 1. The molecule has 3 rings (SSSR count). The molecule has 2 fully saturated rings. The first-order valence-electron chi connectivity index (χ1n) is 6.10. The van der Waals surface area contributed by atoms with Crippen molar-refractivity contribution in [3.8, 4) is 0 Å². The second-order valence-corrected chi connectivity index (χ2v) is 5.16. The number of nitrogens with zero attached hydrogens (tertiary/aromatic N) is 3. The van der Waals surface area contributed by atoms with Gasteiger partial charge in [0.15, 0.2) is 5.82 Å². The van der Waals surface area contributed by atoms with Gasteiger partial charge in [-0.3, -0.25) is 0 Å². The number of nitrogens with one attached hydrogen (secondary N) is 1. The van der Waals surface area contributed by atoms with E-state index in [1.807, 2.05) is 0 Å². The summed E-state index contributed by atoms with van der Waals surface area (Å²) in [5.74, 6) is 0.570. The Morgan fingerprint density at radius 1 is 1.39 bits per heavy atom. The van der Waals surface area contributed by atoms with E-state index in [4.69, 9.17) is 22.1 Å². The highest BCUT2D eigenvalue weighted by molar-refractivity contribution is 6.28. The van der Waals surface area contributed by atoms with E-state index in [1.165, 1.54) is 12.6 Å². The van der Waals surface area contributed by atoms with Crippen LogP contribution in [0.3, 0.4) is 0 Å². The number of hydrogen-bond acceptors (Lipinski definition) is 6. The van der Waals surface area contributed by atoms with Crippen molar-refractivity contribution < 1.29 is 4.74 Å². The van der Waals surface area contributed by atoms with Crippen LogP contribution in [0.1, 0.15) is 19.3 Å². The van der Waals surface area contributed by atoms with E-state index >= 15 is 0 Å². The van der Waals surface area contributed by atoms with Crippen LogP contribution < -0.4 is 11.2 Å². The van der Waals surface area contributed by atoms with Crippen molar-refractivity contribution in [1.82, 2.24) is 15.0 Å². The molecule has 7 heteroatoms. The molecule has 2 saturated heterocycles.